The van der Waals surface area contributed by atoms with Crippen LogP contribution >= 0.6 is 0 Å². The second-order valence-corrected chi connectivity index (χ2v) is 10.3. The first-order valence-corrected chi connectivity index (χ1v) is 13.5. The molecule has 0 aromatic rings. The molecule has 0 radical (unpaired) electrons. The second kappa shape index (κ2) is 18.9. The summed E-state index contributed by atoms with van der Waals surface area (Å²) in [6.45, 7) is 9.72. The lowest BCUT2D eigenvalue weighted by molar-refractivity contribution is -0.0713. The summed E-state index contributed by atoms with van der Waals surface area (Å²) in [7, 11) is 0. The second-order valence-electron chi connectivity index (χ2n) is 10.3. The molecular formula is C27H50O6. The van der Waals surface area contributed by atoms with Crippen molar-refractivity contribution < 1.29 is 28.5 Å². The summed E-state index contributed by atoms with van der Waals surface area (Å²) in [5.41, 5.74) is 0. The molecule has 33 heavy (non-hydrogen) atoms. The maximum absolute atomic E-state index is 12.1. The highest BCUT2D eigenvalue weighted by atomic mass is 16.8. The van der Waals surface area contributed by atoms with Gasteiger partial charge in [0, 0.05) is 0 Å². The minimum atomic E-state index is -0.663. The standard InChI is InChI=1S/C27H50O6/c1-22(2)16-10-6-5-8-14-20-30-26(28)32-24-18-12-13-19-25(24)33-27(29)31-21-15-9-7-11-17-23(3)4/h22-25H,5-21H2,1-4H3. The molecule has 1 aliphatic carbocycles. The van der Waals surface area contributed by atoms with E-state index in [0.717, 1.165) is 56.8 Å². The van der Waals surface area contributed by atoms with E-state index in [1.807, 2.05) is 0 Å². The lowest BCUT2D eigenvalue weighted by Gasteiger charge is -2.29. The molecule has 0 saturated heterocycles. The molecule has 2 atom stereocenters. The van der Waals surface area contributed by atoms with Crippen molar-refractivity contribution in [2.24, 2.45) is 11.8 Å². The van der Waals surface area contributed by atoms with E-state index in [1.54, 1.807) is 0 Å². The van der Waals surface area contributed by atoms with Crippen LogP contribution in [-0.4, -0.2) is 37.7 Å². The van der Waals surface area contributed by atoms with Gasteiger partial charge in [0.05, 0.1) is 13.2 Å². The molecule has 0 aromatic carbocycles. The molecule has 0 aromatic heterocycles. The number of hydrogen-bond acceptors (Lipinski definition) is 6. The fraction of sp³-hybridized carbons (Fsp3) is 0.926. The minimum Gasteiger partial charge on any atom is -0.434 e. The number of unbranched alkanes of at least 4 members (excludes halogenated alkanes) is 7. The van der Waals surface area contributed by atoms with Gasteiger partial charge in [-0.05, 0) is 50.4 Å². The van der Waals surface area contributed by atoms with Gasteiger partial charge >= 0.3 is 12.3 Å². The van der Waals surface area contributed by atoms with Crippen LogP contribution < -0.4 is 0 Å². The summed E-state index contributed by atoms with van der Waals surface area (Å²) in [4.78, 5) is 24.1. The molecule has 2 unspecified atom stereocenters. The largest absolute Gasteiger partial charge is 0.508 e. The van der Waals surface area contributed by atoms with Crippen LogP contribution in [0.25, 0.3) is 0 Å². The third-order valence-electron chi connectivity index (χ3n) is 6.18. The number of rotatable bonds is 17. The van der Waals surface area contributed by atoms with Gasteiger partial charge in [-0.15, -0.1) is 0 Å². The van der Waals surface area contributed by atoms with E-state index in [0.29, 0.717) is 26.1 Å². The van der Waals surface area contributed by atoms with Crippen LogP contribution in [0.1, 0.15) is 124 Å². The van der Waals surface area contributed by atoms with Gasteiger partial charge in [0.1, 0.15) is 12.2 Å². The zero-order valence-electron chi connectivity index (χ0n) is 21.8. The van der Waals surface area contributed by atoms with Crippen molar-refractivity contribution >= 4 is 12.3 Å². The highest BCUT2D eigenvalue weighted by Crippen LogP contribution is 2.25. The number of ether oxygens (including phenoxy) is 4. The van der Waals surface area contributed by atoms with E-state index in [9.17, 15) is 9.59 Å². The molecular weight excluding hydrogens is 420 g/mol. The van der Waals surface area contributed by atoms with Gasteiger partial charge in [0.2, 0.25) is 0 Å². The summed E-state index contributed by atoms with van der Waals surface area (Å²) < 4.78 is 21.4. The Morgan fingerprint density at radius 3 is 1.36 bits per heavy atom. The van der Waals surface area contributed by atoms with Crippen LogP contribution in [0.5, 0.6) is 0 Å². The van der Waals surface area contributed by atoms with Crippen molar-refractivity contribution in [1.29, 1.82) is 0 Å². The molecule has 6 heteroatoms. The molecule has 194 valence electrons. The molecule has 1 aliphatic rings. The number of hydrogen-bond donors (Lipinski definition) is 0. The van der Waals surface area contributed by atoms with Gasteiger partial charge < -0.3 is 18.9 Å². The Kier molecular flexibility index (Phi) is 16.9. The summed E-state index contributed by atoms with van der Waals surface area (Å²) in [5, 5.41) is 0. The summed E-state index contributed by atoms with van der Waals surface area (Å²) in [5.74, 6) is 1.51. The van der Waals surface area contributed by atoms with Crippen molar-refractivity contribution in [1.82, 2.24) is 0 Å². The van der Waals surface area contributed by atoms with Crippen molar-refractivity contribution in [3.8, 4) is 0 Å². The van der Waals surface area contributed by atoms with E-state index >= 15 is 0 Å². The Balaban J connectivity index is 2.14. The van der Waals surface area contributed by atoms with Crippen LogP contribution in [0.4, 0.5) is 9.59 Å². The van der Waals surface area contributed by atoms with Gasteiger partial charge in [0.25, 0.3) is 0 Å². The van der Waals surface area contributed by atoms with Crippen LogP contribution in [0.2, 0.25) is 0 Å². The molecule has 6 nitrogen and oxygen atoms in total. The lowest BCUT2D eigenvalue weighted by Crippen LogP contribution is -2.38. The van der Waals surface area contributed by atoms with E-state index in [1.165, 1.54) is 38.5 Å². The van der Waals surface area contributed by atoms with Crippen LogP contribution in [0.3, 0.4) is 0 Å². The van der Waals surface area contributed by atoms with E-state index in [-0.39, 0.29) is 0 Å². The Labute approximate surface area is 202 Å². The fourth-order valence-corrected chi connectivity index (χ4v) is 4.15. The van der Waals surface area contributed by atoms with Crippen LogP contribution in [0, 0.1) is 11.8 Å². The molecule has 0 bridgehead atoms. The molecule has 1 fully saturated rings. The highest BCUT2D eigenvalue weighted by molar-refractivity contribution is 5.61. The maximum atomic E-state index is 12.1. The normalized spacial score (nSPS) is 18.4. The molecule has 0 spiro atoms. The first-order chi connectivity index (χ1) is 15.9. The number of carbonyl (C=O) groups excluding carboxylic acids is 2. The SMILES string of the molecule is CC(C)CCCCCCCOC(=O)OC1CCCCC1OC(=O)OCCCCCCC(C)C. The van der Waals surface area contributed by atoms with Crippen molar-refractivity contribution in [2.45, 2.75) is 136 Å². The maximum Gasteiger partial charge on any atom is 0.508 e. The number of carbonyl (C=O) groups is 2. The Morgan fingerprint density at radius 2 is 0.970 bits per heavy atom. The molecule has 1 rings (SSSR count). The summed E-state index contributed by atoms with van der Waals surface area (Å²) in [6.07, 6.45) is 13.4. The molecule has 0 N–H and O–H groups in total. The summed E-state index contributed by atoms with van der Waals surface area (Å²) in [6, 6.07) is 0. The first kappa shape index (κ1) is 29.6. The predicted octanol–water partition coefficient (Wildman–Crippen LogP) is 8.21. The third kappa shape index (κ3) is 16.7. The summed E-state index contributed by atoms with van der Waals surface area (Å²) >= 11 is 0. The van der Waals surface area contributed by atoms with Crippen molar-refractivity contribution in [2.75, 3.05) is 13.2 Å². The average Bonchev–Trinajstić information content (AvgIpc) is 2.76. The van der Waals surface area contributed by atoms with Gasteiger partial charge in [0.15, 0.2) is 0 Å². The lowest BCUT2D eigenvalue weighted by atomic mass is 9.95. The van der Waals surface area contributed by atoms with Crippen LogP contribution in [-0.2, 0) is 18.9 Å². The van der Waals surface area contributed by atoms with E-state index in [2.05, 4.69) is 27.7 Å². The van der Waals surface area contributed by atoms with Crippen molar-refractivity contribution in [3.05, 3.63) is 0 Å². The highest BCUT2D eigenvalue weighted by Gasteiger charge is 2.32. The van der Waals surface area contributed by atoms with Gasteiger partial charge in [-0.1, -0.05) is 85.5 Å². The molecule has 0 heterocycles. The van der Waals surface area contributed by atoms with Crippen LogP contribution in [0.15, 0.2) is 0 Å². The van der Waals surface area contributed by atoms with Gasteiger partial charge in [-0.3, -0.25) is 0 Å². The predicted molar refractivity (Wildman–Crippen MR) is 131 cm³/mol. The smallest absolute Gasteiger partial charge is 0.434 e. The Morgan fingerprint density at radius 1 is 0.606 bits per heavy atom. The van der Waals surface area contributed by atoms with Gasteiger partial charge in [-0.2, -0.15) is 0 Å². The molecule has 0 aliphatic heterocycles. The Hall–Kier alpha value is -1.46. The zero-order chi connectivity index (χ0) is 24.3. The zero-order valence-corrected chi connectivity index (χ0v) is 21.8. The molecule has 0 amide bonds. The van der Waals surface area contributed by atoms with E-state index in [4.69, 9.17) is 18.9 Å². The van der Waals surface area contributed by atoms with Crippen molar-refractivity contribution in [3.63, 3.8) is 0 Å². The topological polar surface area (TPSA) is 71.1 Å². The monoisotopic (exact) mass is 470 g/mol. The molecule has 1 saturated carbocycles. The third-order valence-corrected chi connectivity index (χ3v) is 6.18. The van der Waals surface area contributed by atoms with Gasteiger partial charge in [-0.25, -0.2) is 9.59 Å². The quantitative estimate of drug-likeness (QED) is 0.157. The fourth-order valence-electron chi connectivity index (χ4n) is 4.15. The van der Waals surface area contributed by atoms with E-state index < -0.39 is 24.5 Å². The average molecular weight is 471 g/mol. The minimum absolute atomic E-state index is 0.373. The Bertz CT molecular complexity index is 505. The first-order valence-electron chi connectivity index (χ1n) is 13.5.